The predicted octanol–water partition coefficient (Wildman–Crippen LogP) is 1.10. The van der Waals surface area contributed by atoms with E-state index in [0.717, 1.165) is 12.1 Å². The molecule has 1 rings (SSSR count). The number of nitrogens with two attached hydrogens (primary N) is 1. The summed E-state index contributed by atoms with van der Waals surface area (Å²) in [7, 11) is 0. The van der Waals surface area contributed by atoms with Crippen LogP contribution in [0.5, 0.6) is 0 Å². The van der Waals surface area contributed by atoms with E-state index in [1.54, 1.807) is 18.5 Å². The van der Waals surface area contributed by atoms with Gasteiger partial charge in [-0.15, -0.1) is 0 Å². The summed E-state index contributed by atoms with van der Waals surface area (Å²) in [4.78, 5) is 3.96. The molecule has 0 aromatic carbocycles. The molecule has 74 valence electrons. The second kappa shape index (κ2) is 5.20. The van der Waals surface area contributed by atoms with Crippen LogP contribution in [0.15, 0.2) is 18.5 Å². The molecule has 0 bridgehead atoms. The molecule has 1 aromatic heterocycles. The first-order chi connectivity index (χ1) is 6.81. The maximum atomic E-state index is 8.83. The minimum Gasteiger partial charge on any atom is -0.379 e. The highest BCUT2D eigenvalue weighted by atomic mass is 14.9. The third-order valence-electron chi connectivity index (χ3n) is 2.08. The van der Waals surface area contributed by atoms with Crippen LogP contribution in [0.2, 0.25) is 0 Å². The third kappa shape index (κ3) is 2.44. The molecular formula is C10H14N4. The Balaban J connectivity index is 2.80. The highest BCUT2D eigenvalue weighted by Gasteiger charge is 2.06. The normalized spacial score (nSPS) is 11.8. The number of nitriles is 1. The van der Waals surface area contributed by atoms with Crippen molar-refractivity contribution < 1.29 is 0 Å². The van der Waals surface area contributed by atoms with Crippen LogP contribution in [-0.2, 0) is 0 Å². The fourth-order valence-electron chi connectivity index (χ4n) is 1.15. The monoisotopic (exact) mass is 190 g/mol. The van der Waals surface area contributed by atoms with Gasteiger partial charge in [-0.3, -0.25) is 4.98 Å². The molecule has 1 unspecified atom stereocenters. The molecule has 4 nitrogen and oxygen atoms in total. The molecule has 0 amide bonds. The lowest BCUT2D eigenvalue weighted by Crippen LogP contribution is -2.28. The van der Waals surface area contributed by atoms with E-state index >= 15 is 0 Å². The van der Waals surface area contributed by atoms with Crippen LogP contribution in [0.1, 0.15) is 18.9 Å². The summed E-state index contributed by atoms with van der Waals surface area (Å²) in [6.07, 6.45) is 4.18. The smallest absolute Gasteiger partial charge is 0.101 e. The first kappa shape index (κ1) is 10.5. The van der Waals surface area contributed by atoms with Gasteiger partial charge in [-0.1, -0.05) is 6.92 Å². The maximum Gasteiger partial charge on any atom is 0.101 e. The Morgan fingerprint density at radius 3 is 3.07 bits per heavy atom. The Labute approximate surface area is 83.8 Å². The van der Waals surface area contributed by atoms with E-state index in [-0.39, 0.29) is 6.04 Å². The van der Waals surface area contributed by atoms with E-state index in [1.807, 2.05) is 6.92 Å². The highest BCUT2D eigenvalue weighted by molar-refractivity contribution is 5.55. The SMILES string of the molecule is CCC(CN)Nc1cnccc1C#N. The van der Waals surface area contributed by atoms with Gasteiger partial charge >= 0.3 is 0 Å². The van der Waals surface area contributed by atoms with Crippen LogP contribution in [0.4, 0.5) is 5.69 Å². The quantitative estimate of drug-likeness (QED) is 0.745. The zero-order valence-corrected chi connectivity index (χ0v) is 8.20. The molecule has 0 fully saturated rings. The summed E-state index contributed by atoms with van der Waals surface area (Å²) in [5, 5.41) is 12.0. The van der Waals surface area contributed by atoms with Crippen molar-refractivity contribution in [2.75, 3.05) is 11.9 Å². The van der Waals surface area contributed by atoms with E-state index in [9.17, 15) is 0 Å². The molecule has 0 aliphatic carbocycles. The molecule has 0 aliphatic rings. The van der Waals surface area contributed by atoms with Crippen molar-refractivity contribution in [1.82, 2.24) is 4.98 Å². The highest BCUT2D eigenvalue weighted by Crippen LogP contribution is 2.13. The van der Waals surface area contributed by atoms with Crippen molar-refractivity contribution in [1.29, 1.82) is 5.26 Å². The van der Waals surface area contributed by atoms with Crippen LogP contribution in [0, 0.1) is 11.3 Å². The molecule has 14 heavy (non-hydrogen) atoms. The zero-order chi connectivity index (χ0) is 10.4. The van der Waals surface area contributed by atoms with Gasteiger partial charge in [0.1, 0.15) is 6.07 Å². The van der Waals surface area contributed by atoms with E-state index in [4.69, 9.17) is 11.0 Å². The maximum absolute atomic E-state index is 8.83. The third-order valence-corrected chi connectivity index (χ3v) is 2.08. The molecule has 0 spiro atoms. The number of anilines is 1. The zero-order valence-electron chi connectivity index (χ0n) is 8.20. The summed E-state index contributed by atoms with van der Waals surface area (Å²) in [5.74, 6) is 0. The predicted molar refractivity (Wildman–Crippen MR) is 55.7 cm³/mol. The van der Waals surface area contributed by atoms with Crippen LogP contribution in [0.25, 0.3) is 0 Å². The first-order valence-electron chi connectivity index (χ1n) is 4.62. The largest absolute Gasteiger partial charge is 0.379 e. The first-order valence-corrected chi connectivity index (χ1v) is 4.62. The molecule has 0 saturated heterocycles. The van der Waals surface area contributed by atoms with Gasteiger partial charge in [0.2, 0.25) is 0 Å². The second-order valence-electron chi connectivity index (χ2n) is 3.02. The van der Waals surface area contributed by atoms with Gasteiger partial charge in [-0.05, 0) is 12.5 Å². The van der Waals surface area contributed by atoms with E-state index < -0.39 is 0 Å². The molecular weight excluding hydrogens is 176 g/mol. The Bertz CT molecular complexity index is 325. The number of nitrogens with one attached hydrogen (secondary N) is 1. The fraction of sp³-hybridized carbons (Fsp3) is 0.400. The molecule has 0 saturated carbocycles. The number of hydrogen-bond donors (Lipinski definition) is 2. The van der Waals surface area contributed by atoms with Gasteiger partial charge in [0.25, 0.3) is 0 Å². The van der Waals surface area contributed by atoms with E-state index in [2.05, 4.69) is 16.4 Å². The summed E-state index contributed by atoms with van der Waals surface area (Å²) in [5.41, 5.74) is 6.92. The van der Waals surface area contributed by atoms with E-state index in [0.29, 0.717) is 12.1 Å². The van der Waals surface area contributed by atoms with Crippen molar-refractivity contribution in [3.8, 4) is 6.07 Å². The van der Waals surface area contributed by atoms with Crippen LogP contribution >= 0.6 is 0 Å². The summed E-state index contributed by atoms with van der Waals surface area (Å²) >= 11 is 0. The average molecular weight is 190 g/mol. The lowest BCUT2D eigenvalue weighted by Gasteiger charge is -2.16. The van der Waals surface area contributed by atoms with Gasteiger partial charge in [-0.2, -0.15) is 5.26 Å². The number of hydrogen-bond acceptors (Lipinski definition) is 4. The van der Waals surface area contributed by atoms with Crippen molar-refractivity contribution in [3.63, 3.8) is 0 Å². The van der Waals surface area contributed by atoms with Crippen molar-refractivity contribution in [2.45, 2.75) is 19.4 Å². The van der Waals surface area contributed by atoms with E-state index in [1.165, 1.54) is 0 Å². The Hall–Kier alpha value is -1.60. The lowest BCUT2D eigenvalue weighted by molar-refractivity contribution is 0.703. The fourth-order valence-corrected chi connectivity index (χ4v) is 1.15. The number of rotatable bonds is 4. The van der Waals surface area contributed by atoms with Crippen molar-refractivity contribution in [2.24, 2.45) is 5.73 Å². The topological polar surface area (TPSA) is 74.7 Å². The molecule has 0 radical (unpaired) electrons. The minimum atomic E-state index is 0.200. The molecule has 1 aromatic rings. The summed E-state index contributed by atoms with van der Waals surface area (Å²) in [6.45, 7) is 2.60. The van der Waals surface area contributed by atoms with Crippen LogP contribution in [0.3, 0.4) is 0 Å². The van der Waals surface area contributed by atoms with Gasteiger partial charge in [-0.25, -0.2) is 0 Å². The van der Waals surface area contributed by atoms with Crippen LogP contribution in [-0.4, -0.2) is 17.6 Å². The Morgan fingerprint density at radius 1 is 1.71 bits per heavy atom. The number of nitrogens with zero attached hydrogens (tertiary/aromatic N) is 2. The van der Waals surface area contributed by atoms with Gasteiger partial charge in [0, 0.05) is 18.8 Å². The second-order valence-corrected chi connectivity index (χ2v) is 3.02. The van der Waals surface area contributed by atoms with Gasteiger partial charge < -0.3 is 11.1 Å². The van der Waals surface area contributed by atoms with Gasteiger partial charge in [0.05, 0.1) is 17.4 Å². The number of pyridine rings is 1. The Kier molecular flexibility index (Phi) is 3.89. The molecule has 3 N–H and O–H groups in total. The summed E-state index contributed by atoms with van der Waals surface area (Å²) in [6, 6.07) is 3.99. The van der Waals surface area contributed by atoms with Crippen molar-refractivity contribution in [3.05, 3.63) is 24.0 Å². The standard InChI is InChI=1S/C10H14N4/c1-2-9(6-12)14-10-7-13-4-3-8(10)5-11/h3-4,7,9,14H,2,6,12H2,1H3. The molecule has 4 heteroatoms. The average Bonchev–Trinajstić information content (AvgIpc) is 2.26. The molecule has 0 aliphatic heterocycles. The van der Waals surface area contributed by atoms with Crippen molar-refractivity contribution >= 4 is 5.69 Å². The Morgan fingerprint density at radius 2 is 2.50 bits per heavy atom. The number of aromatic nitrogens is 1. The molecule has 1 heterocycles. The minimum absolute atomic E-state index is 0.200. The lowest BCUT2D eigenvalue weighted by atomic mass is 10.2. The summed E-state index contributed by atoms with van der Waals surface area (Å²) < 4.78 is 0. The van der Waals surface area contributed by atoms with Gasteiger partial charge in [0.15, 0.2) is 0 Å². The molecule has 1 atom stereocenters. The van der Waals surface area contributed by atoms with Crippen LogP contribution < -0.4 is 11.1 Å².